The quantitative estimate of drug-likeness (QED) is 0.628. The van der Waals surface area contributed by atoms with Gasteiger partial charge in [0.15, 0.2) is 0 Å². The maximum atomic E-state index is 10.3. The summed E-state index contributed by atoms with van der Waals surface area (Å²) in [6, 6.07) is 15.8. The average Bonchev–Trinajstić information content (AvgIpc) is 2.61. The number of ether oxygens (including phenoxy) is 2. The lowest BCUT2D eigenvalue weighted by Crippen LogP contribution is -2.43. The zero-order valence-corrected chi connectivity index (χ0v) is 18.2. The molecule has 0 spiro atoms. The Morgan fingerprint density at radius 1 is 1.15 bits per heavy atom. The van der Waals surface area contributed by atoms with E-state index in [1.165, 1.54) is 0 Å². The van der Waals surface area contributed by atoms with Gasteiger partial charge in [0, 0.05) is 28.6 Å². The minimum atomic E-state index is -0.537. The number of morpholine rings is 1. The topological polar surface area (TPSA) is 41.9 Å². The van der Waals surface area contributed by atoms with Crippen LogP contribution in [0.1, 0.15) is 11.7 Å². The van der Waals surface area contributed by atoms with Crippen molar-refractivity contribution in [2.75, 3.05) is 32.8 Å². The second-order valence-electron chi connectivity index (χ2n) is 6.09. The number of hydrogen-bond acceptors (Lipinski definition) is 4. The highest BCUT2D eigenvalue weighted by atomic mass is 79.9. The highest BCUT2D eigenvalue weighted by molar-refractivity contribution is 9.10. The molecular weight excluding hydrogens is 485 g/mol. The Morgan fingerprint density at radius 2 is 1.92 bits per heavy atom. The molecule has 0 amide bonds. The molecule has 0 saturated carbocycles. The number of benzene rings is 2. The van der Waals surface area contributed by atoms with Crippen LogP contribution in [0, 0.1) is 0 Å². The van der Waals surface area contributed by atoms with Crippen LogP contribution in [0.15, 0.2) is 57.5 Å². The maximum Gasteiger partial charge on any atom is 0.119 e. The molecule has 1 aliphatic heterocycles. The van der Waals surface area contributed by atoms with Gasteiger partial charge in [-0.25, -0.2) is 0 Å². The van der Waals surface area contributed by atoms with E-state index < -0.39 is 6.10 Å². The highest BCUT2D eigenvalue weighted by Gasteiger charge is 2.23. The van der Waals surface area contributed by atoms with Crippen molar-refractivity contribution in [3.05, 3.63) is 63.0 Å². The fourth-order valence-electron chi connectivity index (χ4n) is 2.85. The lowest BCUT2D eigenvalue weighted by atomic mass is 10.1. The second-order valence-corrected chi connectivity index (χ2v) is 7.92. The second kappa shape index (κ2) is 10.6. The van der Waals surface area contributed by atoms with Crippen LogP contribution in [-0.4, -0.2) is 49.0 Å². The van der Waals surface area contributed by atoms with Crippen molar-refractivity contribution in [3.63, 3.8) is 0 Å². The van der Waals surface area contributed by atoms with Crippen molar-refractivity contribution in [3.8, 4) is 5.75 Å². The number of halogens is 3. The third kappa shape index (κ3) is 6.51. The van der Waals surface area contributed by atoms with E-state index >= 15 is 0 Å². The number of β-amino-alcohol motifs (C(OH)–C–C–N with tert-alkyl or cyclic N) is 1. The van der Waals surface area contributed by atoms with Crippen molar-refractivity contribution in [1.82, 2.24) is 4.90 Å². The molecular formula is C19H22Br2ClNO3. The summed E-state index contributed by atoms with van der Waals surface area (Å²) in [5, 5.41) is 10.3. The standard InChI is InChI=1S/C19H21Br2NO3.ClH/c20-15-4-6-18(7-5-15)25-13-17(23)11-22-8-9-24-19(12-22)14-2-1-3-16(21)10-14;/h1-7,10,17,19,23H,8-9,11-13H2;1H. The molecule has 0 aromatic heterocycles. The minimum Gasteiger partial charge on any atom is -0.491 e. The van der Waals surface area contributed by atoms with Crippen LogP contribution in [-0.2, 0) is 4.74 Å². The summed E-state index contributed by atoms with van der Waals surface area (Å²) in [7, 11) is 0. The van der Waals surface area contributed by atoms with E-state index in [9.17, 15) is 5.11 Å². The largest absolute Gasteiger partial charge is 0.491 e. The average molecular weight is 508 g/mol. The Hall–Kier alpha value is -0.630. The number of hydrogen-bond donors (Lipinski definition) is 1. The first-order valence-corrected chi connectivity index (χ1v) is 9.84. The first-order chi connectivity index (χ1) is 12.1. The Kier molecular flexibility index (Phi) is 8.87. The molecule has 0 radical (unpaired) electrons. The Labute approximate surface area is 177 Å². The van der Waals surface area contributed by atoms with Gasteiger partial charge in [-0.05, 0) is 42.0 Å². The van der Waals surface area contributed by atoms with Gasteiger partial charge in [-0.3, -0.25) is 4.90 Å². The van der Waals surface area contributed by atoms with Gasteiger partial charge >= 0.3 is 0 Å². The normalized spacial score (nSPS) is 18.8. The van der Waals surface area contributed by atoms with Crippen molar-refractivity contribution in [2.45, 2.75) is 12.2 Å². The van der Waals surface area contributed by atoms with E-state index in [1.54, 1.807) is 0 Å². The minimum absolute atomic E-state index is 0. The van der Waals surface area contributed by atoms with Crippen LogP contribution in [0.3, 0.4) is 0 Å². The van der Waals surface area contributed by atoms with E-state index in [0.717, 1.165) is 33.3 Å². The molecule has 0 bridgehead atoms. The molecule has 1 heterocycles. The first kappa shape index (κ1) is 21.7. The summed E-state index contributed by atoms with van der Waals surface area (Å²) in [6.07, 6.45) is -0.504. The third-order valence-electron chi connectivity index (χ3n) is 4.10. The third-order valence-corrected chi connectivity index (χ3v) is 5.12. The highest BCUT2D eigenvalue weighted by Crippen LogP contribution is 2.25. The van der Waals surface area contributed by atoms with Crippen LogP contribution in [0.5, 0.6) is 5.75 Å². The summed E-state index contributed by atoms with van der Waals surface area (Å²) in [6.45, 7) is 3.11. The van der Waals surface area contributed by atoms with Gasteiger partial charge in [0.25, 0.3) is 0 Å². The Morgan fingerprint density at radius 3 is 2.65 bits per heavy atom. The first-order valence-electron chi connectivity index (χ1n) is 8.26. The van der Waals surface area contributed by atoms with Gasteiger partial charge in [0.05, 0.1) is 12.7 Å². The fraction of sp³-hybridized carbons (Fsp3) is 0.368. The lowest BCUT2D eigenvalue weighted by molar-refractivity contribution is -0.0459. The summed E-state index contributed by atoms with van der Waals surface area (Å²) in [5.74, 6) is 0.760. The maximum absolute atomic E-state index is 10.3. The van der Waals surface area contributed by atoms with Gasteiger partial charge in [-0.15, -0.1) is 12.4 Å². The molecule has 1 aliphatic rings. The van der Waals surface area contributed by atoms with Gasteiger partial charge in [-0.2, -0.15) is 0 Å². The Bertz CT molecular complexity index is 687. The fourth-order valence-corrected chi connectivity index (χ4v) is 3.53. The van der Waals surface area contributed by atoms with E-state index in [4.69, 9.17) is 9.47 Å². The predicted octanol–water partition coefficient (Wildman–Crippen LogP) is 4.45. The molecule has 7 heteroatoms. The number of aliphatic hydroxyl groups excluding tert-OH is 1. The van der Waals surface area contributed by atoms with Gasteiger partial charge < -0.3 is 14.6 Å². The van der Waals surface area contributed by atoms with E-state index in [-0.39, 0.29) is 25.1 Å². The molecule has 2 aromatic rings. The molecule has 142 valence electrons. The van der Waals surface area contributed by atoms with Crippen LogP contribution >= 0.6 is 44.3 Å². The summed E-state index contributed by atoms with van der Waals surface area (Å²) >= 11 is 6.90. The molecule has 2 aromatic carbocycles. The van der Waals surface area contributed by atoms with Crippen LogP contribution < -0.4 is 4.74 Å². The summed E-state index contributed by atoms with van der Waals surface area (Å²) in [5.41, 5.74) is 1.15. The molecule has 0 aliphatic carbocycles. The molecule has 1 N–H and O–H groups in total. The molecule has 4 nitrogen and oxygen atoms in total. The van der Waals surface area contributed by atoms with Crippen molar-refractivity contribution >= 4 is 44.3 Å². The number of aliphatic hydroxyl groups is 1. The van der Waals surface area contributed by atoms with Crippen LogP contribution in [0.4, 0.5) is 0 Å². The molecule has 2 atom stereocenters. The van der Waals surface area contributed by atoms with E-state index in [1.807, 2.05) is 36.4 Å². The Balaban J connectivity index is 0.00000243. The van der Waals surface area contributed by atoms with Gasteiger partial charge in [-0.1, -0.05) is 44.0 Å². The summed E-state index contributed by atoms with van der Waals surface area (Å²) in [4.78, 5) is 2.23. The van der Waals surface area contributed by atoms with E-state index in [0.29, 0.717) is 13.2 Å². The SMILES string of the molecule is Cl.OC(COc1ccc(Br)cc1)CN1CCOC(c2cccc(Br)c2)C1. The number of rotatable bonds is 6. The predicted molar refractivity (Wildman–Crippen MR) is 112 cm³/mol. The molecule has 3 rings (SSSR count). The van der Waals surface area contributed by atoms with E-state index in [2.05, 4.69) is 48.9 Å². The zero-order valence-electron chi connectivity index (χ0n) is 14.2. The summed E-state index contributed by atoms with van der Waals surface area (Å²) < 4.78 is 13.6. The lowest BCUT2D eigenvalue weighted by Gasteiger charge is -2.34. The van der Waals surface area contributed by atoms with Gasteiger partial charge in [0.1, 0.15) is 18.5 Å². The molecule has 1 saturated heterocycles. The molecule has 2 unspecified atom stereocenters. The van der Waals surface area contributed by atoms with Crippen molar-refractivity contribution in [2.24, 2.45) is 0 Å². The zero-order chi connectivity index (χ0) is 17.6. The van der Waals surface area contributed by atoms with Crippen molar-refractivity contribution < 1.29 is 14.6 Å². The van der Waals surface area contributed by atoms with Gasteiger partial charge in [0.2, 0.25) is 0 Å². The molecule has 26 heavy (non-hydrogen) atoms. The van der Waals surface area contributed by atoms with Crippen LogP contribution in [0.2, 0.25) is 0 Å². The monoisotopic (exact) mass is 505 g/mol. The van der Waals surface area contributed by atoms with Crippen LogP contribution in [0.25, 0.3) is 0 Å². The molecule has 1 fully saturated rings. The van der Waals surface area contributed by atoms with Crippen molar-refractivity contribution in [1.29, 1.82) is 0 Å². The number of nitrogens with zero attached hydrogens (tertiary/aromatic N) is 1. The smallest absolute Gasteiger partial charge is 0.119 e.